The minimum atomic E-state index is -3.87. The van der Waals surface area contributed by atoms with Gasteiger partial charge in [0.2, 0.25) is 0 Å². The summed E-state index contributed by atoms with van der Waals surface area (Å²) in [6.07, 6.45) is 3.46. The van der Waals surface area contributed by atoms with Crippen LogP contribution in [0.5, 0.6) is 0 Å². The molecular weight excluding hydrogens is 412 g/mol. The van der Waals surface area contributed by atoms with E-state index in [1.165, 1.54) is 23.1 Å². The molecule has 0 aliphatic rings. The molecule has 7 nitrogen and oxygen atoms in total. The van der Waals surface area contributed by atoms with Crippen molar-refractivity contribution in [3.8, 4) is 6.07 Å². The van der Waals surface area contributed by atoms with E-state index >= 15 is 0 Å². The maximum absolute atomic E-state index is 13.1. The first-order valence-corrected chi connectivity index (χ1v) is 11.1. The van der Waals surface area contributed by atoms with Crippen LogP contribution in [0.25, 0.3) is 0 Å². The second-order valence-corrected chi connectivity index (χ2v) is 8.68. The van der Waals surface area contributed by atoms with Gasteiger partial charge in [0, 0.05) is 36.7 Å². The second kappa shape index (κ2) is 9.87. The first kappa shape index (κ1) is 22.0. The lowest BCUT2D eigenvalue weighted by Crippen LogP contribution is -2.31. The van der Waals surface area contributed by atoms with Crippen LogP contribution in [0.4, 0.5) is 5.69 Å². The molecule has 1 N–H and O–H groups in total. The summed E-state index contributed by atoms with van der Waals surface area (Å²) in [6.45, 7) is 2.41. The molecule has 2 aromatic carbocycles. The Kier molecular flexibility index (Phi) is 7.00. The van der Waals surface area contributed by atoms with Gasteiger partial charge in [-0.05, 0) is 48.9 Å². The number of hydrogen-bond donors (Lipinski definition) is 1. The van der Waals surface area contributed by atoms with E-state index in [1.54, 1.807) is 36.7 Å². The van der Waals surface area contributed by atoms with Crippen molar-refractivity contribution in [3.63, 3.8) is 0 Å². The molecule has 1 amide bonds. The molecule has 0 aliphatic heterocycles. The van der Waals surface area contributed by atoms with Crippen LogP contribution < -0.4 is 4.72 Å². The summed E-state index contributed by atoms with van der Waals surface area (Å²) in [4.78, 5) is 18.7. The zero-order chi connectivity index (χ0) is 22.3. The van der Waals surface area contributed by atoms with Crippen molar-refractivity contribution < 1.29 is 13.2 Å². The summed E-state index contributed by atoms with van der Waals surface area (Å²) in [5.41, 5.74) is 2.50. The first-order valence-electron chi connectivity index (χ1n) is 9.64. The zero-order valence-electron chi connectivity index (χ0n) is 17.0. The van der Waals surface area contributed by atoms with Crippen LogP contribution >= 0.6 is 0 Å². The van der Waals surface area contributed by atoms with Gasteiger partial charge in [0.15, 0.2) is 0 Å². The number of carbonyl (C=O) groups is 1. The van der Waals surface area contributed by atoms with Gasteiger partial charge in [-0.2, -0.15) is 5.26 Å². The smallest absolute Gasteiger partial charge is 0.261 e. The number of hydrogen-bond acceptors (Lipinski definition) is 5. The summed E-state index contributed by atoms with van der Waals surface area (Å²) >= 11 is 0. The third kappa shape index (κ3) is 5.90. The third-order valence-corrected chi connectivity index (χ3v) is 5.95. The van der Waals surface area contributed by atoms with E-state index in [0.29, 0.717) is 5.69 Å². The average Bonchev–Trinajstić information content (AvgIpc) is 2.78. The zero-order valence-corrected chi connectivity index (χ0v) is 17.8. The maximum Gasteiger partial charge on any atom is 0.261 e. The first-order chi connectivity index (χ1) is 14.9. The molecule has 0 saturated carbocycles. The molecule has 0 unspecified atom stereocenters. The summed E-state index contributed by atoms with van der Waals surface area (Å²) in [7, 11) is -3.87. The maximum atomic E-state index is 13.1. The number of carbonyl (C=O) groups excluding carboxylic acids is 1. The van der Waals surface area contributed by atoms with Gasteiger partial charge in [-0.3, -0.25) is 14.5 Å². The molecule has 1 heterocycles. The minimum absolute atomic E-state index is 0.0134. The highest BCUT2D eigenvalue weighted by molar-refractivity contribution is 7.92. The highest BCUT2D eigenvalue weighted by Gasteiger charge is 2.20. The summed E-state index contributed by atoms with van der Waals surface area (Å²) < 4.78 is 28.1. The van der Waals surface area contributed by atoms with Crippen LogP contribution in [0.15, 0.2) is 78.0 Å². The monoisotopic (exact) mass is 434 g/mol. The Morgan fingerprint density at radius 2 is 1.90 bits per heavy atom. The van der Waals surface area contributed by atoms with Crippen molar-refractivity contribution in [1.82, 2.24) is 9.88 Å². The predicted octanol–water partition coefficient (Wildman–Crippen LogP) is 3.75. The van der Waals surface area contributed by atoms with Crippen molar-refractivity contribution in [2.45, 2.75) is 24.8 Å². The molecule has 0 atom stereocenters. The van der Waals surface area contributed by atoms with E-state index < -0.39 is 10.0 Å². The van der Waals surface area contributed by atoms with Crippen LogP contribution in [-0.2, 0) is 16.6 Å². The lowest BCUT2D eigenvalue weighted by Gasteiger charge is -2.22. The largest absolute Gasteiger partial charge is 0.333 e. The molecule has 0 spiro atoms. The van der Waals surface area contributed by atoms with Crippen LogP contribution in [0, 0.1) is 18.3 Å². The third-order valence-electron chi connectivity index (χ3n) is 4.57. The molecule has 0 fully saturated rings. The number of nitrogens with one attached hydrogen (secondary N) is 1. The van der Waals surface area contributed by atoms with Crippen molar-refractivity contribution in [2.24, 2.45) is 0 Å². The summed E-state index contributed by atoms with van der Waals surface area (Å²) in [5, 5.41) is 8.95. The van der Waals surface area contributed by atoms with E-state index in [-0.39, 0.29) is 35.9 Å². The van der Waals surface area contributed by atoms with Gasteiger partial charge in [-0.15, -0.1) is 0 Å². The van der Waals surface area contributed by atoms with E-state index in [1.807, 2.05) is 31.2 Å². The van der Waals surface area contributed by atoms with E-state index in [4.69, 9.17) is 5.26 Å². The Balaban J connectivity index is 1.84. The molecule has 0 bridgehead atoms. The van der Waals surface area contributed by atoms with E-state index in [0.717, 1.165) is 11.1 Å². The summed E-state index contributed by atoms with van der Waals surface area (Å²) in [5.74, 6) is -0.355. The quantitative estimate of drug-likeness (QED) is 0.582. The molecule has 31 heavy (non-hydrogen) atoms. The SMILES string of the molecule is Cc1ccc(NS(=O)(=O)c2cccc(C(=O)N(CCC#N)Cc3cccnc3)c2)cc1. The highest BCUT2D eigenvalue weighted by Crippen LogP contribution is 2.19. The topological polar surface area (TPSA) is 103 Å². The summed E-state index contributed by atoms with van der Waals surface area (Å²) in [6, 6.07) is 18.5. The number of anilines is 1. The van der Waals surface area contributed by atoms with E-state index in [2.05, 4.69) is 9.71 Å². The Labute approximate surface area is 182 Å². The number of nitrogens with zero attached hydrogens (tertiary/aromatic N) is 3. The number of nitriles is 1. The molecule has 0 saturated heterocycles. The number of aromatic nitrogens is 1. The Bertz CT molecular complexity index is 1190. The van der Waals surface area contributed by atoms with Gasteiger partial charge in [-0.25, -0.2) is 8.42 Å². The van der Waals surface area contributed by atoms with Crippen molar-refractivity contribution in [2.75, 3.05) is 11.3 Å². The molecular formula is C23H22N4O3S. The molecule has 8 heteroatoms. The van der Waals surface area contributed by atoms with Gasteiger partial charge in [0.25, 0.3) is 15.9 Å². The second-order valence-electron chi connectivity index (χ2n) is 7.00. The Morgan fingerprint density at radius 3 is 2.58 bits per heavy atom. The predicted molar refractivity (Wildman–Crippen MR) is 118 cm³/mol. The highest BCUT2D eigenvalue weighted by atomic mass is 32.2. The van der Waals surface area contributed by atoms with Crippen molar-refractivity contribution in [3.05, 3.63) is 89.7 Å². The van der Waals surface area contributed by atoms with Gasteiger partial charge in [0.1, 0.15) is 0 Å². The van der Waals surface area contributed by atoms with Crippen LogP contribution in [0.2, 0.25) is 0 Å². The van der Waals surface area contributed by atoms with Crippen molar-refractivity contribution in [1.29, 1.82) is 5.26 Å². The van der Waals surface area contributed by atoms with Crippen LogP contribution in [-0.4, -0.2) is 30.8 Å². The fourth-order valence-electron chi connectivity index (χ4n) is 2.96. The average molecular weight is 435 g/mol. The standard InChI is InChI=1S/C23H22N4O3S/c1-18-8-10-21(11-9-18)26-31(29,30)22-7-2-6-20(15-22)23(28)27(14-4-12-24)17-19-5-3-13-25-16-19/h2-3,5-11,13,15-16,26H,4,14,17H2,1H3. The van der Waals surface area contributed by atoms with Gasteiger partial charge >= 0.3 is 0 Å². The van der Waals surface area contributed by atoms with Gasteiger partial charge < -0.3 is 4.90 Å². The number of rotatable bonds is 8. The number of sulfonamides is 1. The fourth-order valence-corrected chi connectivity index (χ4v) is 4.07. The fraction of sp³-hybridized carbons (Fsp3) is 0.174. The number of benzene rings is 2. The molecule has 1 aromatic heterocycles. The van der Waals surface area contributed by atoms with E-state index in [9.17, 15) is 13.2 Å². The molecule has 158 valence electrons. The lowest BCUT2D eigenvalue weighted by atomic mass is 10.1. The number of amides is 1. The van der Waals surface area contributed by atoms with Gasteiger partial charge in [-0.1, -0.05) is 29.8 Å². The van der Waals surface area contributed by atoms with Crippen LogP contribution in [0.1, 0.15) is 27.9 Å². The van der Waals surface area contributed by atoms with Crippen molar-refractivity contribution >= 4 is 21.6 Å². The number of pyridine rings is 1. The minimum Gasteiger partial charge on any atom is -0.333 e. The Hall–Kier alpha value is -3.70. The Morgan fingerprint density at radius 1 is 1.13 bits per heavy atom. The molecule has 3 aromatic rings. The van der Waals surface area contributed by atoms with Crippen LogP contribution in [0.3, 0.4) is 0 Å². The van der Waals surface area contributed by atoms with Gasteiger partial charge in [0.05, 0.1) is 17.4 Å². The molecule has 0 aliphatic carbocycles. The molecule has 3 rings (SSSR count). The normalized spacial score (nSPS) is 10.8. The number of aryl methyl sites for hydroxylation is 1. The molecule has 0 radical (unpaired) electrons. The lowest BCUT2D eigenvalue weighted by molar-refractivity contribution is 0.0746.